The molecule has 1 aromatic carbocycles. The fraction of sp³-hybridized carbons (Fsp3) is 0.308. The Morgan fingerprint density at radius 1 is 1.40 bits per heavy atom. The Balaban J connectivity index is 1.81. The Morgan fingerprint density at radius 3 is 3.00 bits per heavy atom. The van der Waals surface area contributed by atoms with Crippen LogP contribution in [0.1, 0.15) is 16.2 Å². The molecule has 0 atom stereocenters. The molecule has 0 aliphatic carbocycles. The summed E-state index contributed by atoms with van der Waals surface area (Å²) in [6.07, 6.45) is 1.70. The molecule has 7 heteroatoms. The highest BCUT2D eigenvalue weighted by Gasteiger charge is 2.23. The van der Waals surface area contributed by atoms with Crippen molar-refractivity contribution in [3.05, 3.63) is 40.4 Å². The maximum absolute atomic E-state index is 12.5. The lowest BCUT2D eigenvalue weighted by molar-refractivity contribution is 0.0707. The molecular formula is C13H13BrN4O2. The fourth-order valence-corrected chi connectivity index (χ4v) is 2.76. The molecule has 0 saturated heterocycles. The van der Waals surface area contributed by atoms with Gasteiger partial charge < -0.3 is 14.2 Å². The molecule has 0 N–H and O–H groups in total. The summed E-state index contributed by atoms with van der Waals surface area (Å²) >= 11 is 3.40. The summed E-state index contributed by atoms with van der Waals surface area (Å²) in [5.74, 6) is 1.51. The molecule has 1 aromatic heterocycles. The number of benzene rings is 1. The summed E-state index contributed by atoms with van der Waals surface area (Å²) in [6.45, 7) is 1.88. The number of carbonyl (C=O) groups excluding carboxylic acids is 1. The van der Waals surface area contributed by atoms with Gasteiger partial charge in [0.1, 0.15) is 12.1 Å². The van der Waals surface area contributed by atoms with Crippen molar-refractivity contribution in [2.24, 2.45) is 0 Å². The lowest BCUT2D eigenvalue weighted by Gasteiger charge is -2.27. The van der Waals surface area contributed by atoms with Gasteiger partial charge in [-0.05, 0) is 34.1 Å². The van der Waals surface area contributed by atoms with Gasteiger partial charge in [0, 0.05) is 18.7 Å². The van der Waals surface area contributed by atoms with Crippen molar-refractivity contribution in [3.63, 3.8) is 0 Å². The summed E-state index contributed by atoms with van der Waals surface area (Å²) in [6, 6.07) is 5.33. The number of amides is 1. The minimum absolute atomic E-state index is 0.0115. The van der Waals surface area contributed by atoms with Crippen molar-refractivity contribution >= 4 is 21.8 Å². The molecule has 1 amide bonds. The molecule has 3 rings (SSSR count). The molecule has 0 radical (unpaired) electrons. The lowest BCUT2D eigenvalue weighted by Crippen LogP contribution is -2.38. The first-order valence-electron chi connectivity index (χ1n) is 6.18. The Labute approximate surface area is 124 Å². The molecule has 0 fully saturated rings. The molecule has 1 aliphatic heterocycles. The molecule has 104 valence electrons. The number of methoxy groups -OCH3 is 1. The zero-order valence-corrected chi connectivity index (χ0v) is 12.5. The second-order valence-electron chi connectivity index (χ2n) is 4.52. The van der Waals surface area contributed by atoms with Crippen molar-refractivity contribution in [2.75, 3.05) is 13.7 Å². The zero-order chi connectivity index (χ0) is 14.1. The molecular weight excluding hydrogens is 324 g/mol. The number of fused-ring (bicyclic) bond motifs is 1. The van der Waals surface area contributed by atoms with Crippen LogP contribution in [0.15, 0.2) is 29.0 Å². The van der Waals surface area contributed by atoms with Crippen molar-refractivity contribution in [1.29, 1.82) is 0 Å². The Morgan fingerprint density at radius 2 is 2.25 bits per heavy atom. The smallest absolute Gasteiger partial charge is 0.254 e. The van der Waals surface area contributed by atoms with Crippen molar-refractivity contribution in [1.82, 2.24) is 19.7 Å². The van der Waals surface area contributed by atoms with E-state index in [4.69, 9.17) is 4.74 Å². The number of carbonyl (C=O) groups is 1. The molecule has 6 nitrogen and oxygen atoms in total. The molecule has 0 saturated carbocycles. The van der Waals surface area contributed by atoms with Crippen molar-refractivity contribution in [3.8, 4) is 5.75 Å². The van der Waals surface area contributed by atoms with Crippen LogP contribution >= 0.6 is 15.9 Å². The van der Waals surface area contributed by atoms with E-state index in [1.807, 2.05) is 4.57 Å². The van der Waals surface area contributed by atoms with Gasteiger partial charge >= 0.3 is 0 Å². The van der Waals surface area contributed by atoms with Gasteiger partial charge in [0.25, 0.3) is 5.91 Å². The Kier molecular flexibility index (Phi) is 3.43. The lowest BCUT2D eigenvalue weighted by atomic mass is 10.2. The number of ether oxygens (including phenoxy) is 1. The van der Waals surface area contributed by atoms with Crippen LogP contribution in [-0.4, -0.2) is 39.2 Å². The molecule has 0 unspecified atom stereocenters. The molecule has 20 heavy (non-hydrogen) atoms. The number of nitrogens with zero attached hydrogens (tertiary/aromatic N) is 4. The number of rotatable bonds is 2. The average molecular weight is 337 g/mol. The first kappa shape index (κ1) is 13.1. The van der Waals surface area contributed by atoms with E-state index >= 15 is 0 Å². The number of aromatic nitrogens is 3. The van der Waals surface area contributed by atoms with E-state index in [0.29, 0.717) is 24.4 Å². The van der Waals surface area contributed by atoms with Crippen molar-refractivity contribution < 1.29 is 9.53 Å². The first-order chi connectivity index (χ1) is 9.69. The molecule has 1 aliphatic rings. The molecule has 0 spiro atoms. The molecule has 2 heterocycles. The van der Waals surface area contributed by atoms with E-state index in [1.165, 1.54) is 0 Å². The third-order valence-corrected chi connectivity index (χ3v) is 3.94. The Bertz CT molecular complexity index is 656. The summed E-state index contributed by atoms with van der Waals surface area (Å²) < 4.78 is 7.90. The van der Waals surface area contributed by atoms with Crippen LogP contribution in [0.25, 0.3) is 0 Å². The predicted octanol–water partition coefficient (Wildman–Crippen LogP) is 1.71. The van der Waals surface area contributed by atoms with Crippen LogP contribution in [0.2, 0.25) is 0 Å². The molecule has 0 bridgehead atoms. The van der Waals surface area contributed by atoms with E-state index in [1.54, 1.807) is 36.5 Å². The van der Waals surface area contributed by atoms with E-state index in [-0.39, 0.29) is 5.91 Å². The standard InChI is InChI=1S/C13H13BrN4O2/c1-20-11-3-2-9(6-10(11)14)13(19)17-4-5-18-8-15-16-12(18)7-17/h2-3,6,8H,4-5,7H2,1H3. The second kappa shape index (κ2) is 5.24. The maximum Gasteiger partial charge on any atom is 0.254 e. The van der Waals surface area contributed by atoms with Crippen LogP contribution in [-0.2, 0) is 13.1 Å². The van der Waals surface area contributed by atoms with Gasteiger partial charge in [0.05, 0.1) is 18.1 Å². The summed E-state index contributed by atoms with van der Waals surface area (Å²) in [7, 11) is 1.60. The zero-order valence-electron chi connectivity index (χ0n) is 10.9. The number of halogens is 1. The van der Waals surface area contributed by atoms with E-state index in [9.17, 15) is 4.79 Å². The van der Waals surface area contributed by atoms with Gasteiger partial charge in [-0.1, -0.05) is 0 Å². The van der Waals surface area contributed by atoms with Crippen LogP contribution in [0.5, 0.6) is 5.75 Å². The monoisotopic (exact) mass is 336 g/mol. The largest absolute Gasteiger partial charge is 0.496 e. The maximum atomic E-state index is 12.5. The highest BCUT2D eigenvalue weighted by atomic mass is 79.9. The van der Waals surface area contributed by atoms with Crippen molar-refractivity contribution in [2.45, 2.75) is 13.1 Å². The third kappa shape index (κ3) is 2.29. The van der Waals surface area contributed by atoms with Gasteiger partial charge in [0.2, 0.25) is 0 Å². The first-order valence-corrected chi connectivity index (χ1v) is 6.98. The van der Waals surface area contributed by atoms with E-state index < -0.39 is 0 Å². The van der Waals surface area contributed by atoms with Gasteiger partial charge in [-0.15, -0.1) is 10.2 Å². The average Bonchev–Trinajstić information content (AvgIpc) is 2.93. The minimum Gasteiger partial charge on any atom is -0.496 e. The Hall–Kier alpha value is -1.89. The molecule has 2 aromatic rings. The van der Waals surface area contributed by atoms with Gasteiger partial charge in [-0.3, -0.25) is 4.79 Å². The third-order valence-electron chi connectivity index (χ3n) is 3.32. The van der Waals surface area contributed by atoms with Crippen LogP contribution in [0, 0.1) is 0 Å². The SMILES string of the molecule is COc1ccc(C(=O)N2CCn3cnnc3C2)cc1Br. The van der Waals surface area contributed by atoms with Crippen LogP contribution in [0.4, 0.5) is 0 Å². The summed E-state index contributed by atoms with van der Waals surface area (Å²) in [4.78, 5) is 14.3. The fourth-order valence-electron chi connectivity index (χ4n) is 2.22. The summed E-state index contributed by atoms with van der Waals surface area (Å²) in [5.41, 5.74) is 0.630. The normalized spacial score (nSPS) is 14.0. The summed E-state index contributed by atoms with van der Waals surface area (Å²) in [5, 5.41) is 7.88. The number of hydrogen-bond donors (Lipinski definition) is 0. The van der Waals surface area contributed by atoms with Gasteiger partial charge in [0.15, 0.2) is 5.82 Å². The highest BCUT2D eigenvalue weighted by molar-refractivity contribution is 9.10. The topological polar surface area (TPSA) is 60.2 Å². The quantitative estimate of drug-likeness (QED) is 0.837. The highest BCUT2D eigenvalue weighted by Crippen LogP contribution is 2.26. The van der Waals surface area contributed by atoms with E-state index in [0.717, 1.165) is 16.8 Å². The second-order valence-corrected chi connectivity index (χ2v) is 5.37. The predicted molar refractivity (Wildman–Crippen MR) is 75.5 cm³/mol. The van der Waals surface area contributed by atoms with Crippen LogP contribution < -0.4 is 4.74 Å². The van der Waals surface area contributed by atoms with Gasteiger partial charge in [-0.2, -0.15) is 0 Å². The minimum atomic E-state index is -0.0115. The van der Waals surface area contributed by atoms with E-state index in [2.05, 4.69) is 26.1 Å². The number of hydrogen-bond acceptors (Lipinski definition) is 4. The van der Waals surface area contributed by atoms with Crippen LogP contribution in [0.3, 0.4) is 0 Å². The van der Waals surface area contributed by atoms with Gasteiger partial charge in [-0.25, -0.2) is 0 Å².